The minimum absolute atomic E-state index is 0.0164. The third-order valence-corrected chi connectivity index (χ3v) is 6.05. The number of aromatic nitrogens is 1. The van der Waals surface area contributed by atoms with Gasteiger partial charge in [0, 0.05) is 18.5 Å². The lowest BCUT2D eigenvalue weighted by Gasteiger charge is -2.32. The highest BCUT2D eigenvalue weighted by atomic mass is 35.5. The van der Waals surface area contributed by atoms with Gasteiger partial charge in [0.15, 0.2) is 0 Å². The quantitative estimate of drug-likeness (QED) is 0.725. The summed E-state index contributed by atoms with van der Waals surface area (Å²) in [5.74, 6) is 0.486. The van der Waals surface area contributed by atoms with Crippen LogP contribution in [0, 0.1) is 5.92 Å². The van der Waals surface area contributed by atoms with Crippen LogP contribution >= 0.6 is 11.6 Å². The number of piperidine rings is 1. The zero-order valence-electron chi connectivity index (χ0n) is 16.2. The highest BCUT2D eigenvalue weighted by Crippen LogP contribution is 2.38. The number of hydrogen-bond donors (Lipinski definition) is 0. The van der Waals surface area contributed by atoms with Gasteiger partial charge in [0.05, 0.1) is 29.6 Å². The standard InChI is InChI=1S/C21H25ClN2O4/c1-3-14-12-24-17(11-15-16(22)5-6-18(28-14)19(15)24)20(25)23-9-7-13(8-10-23)21(26)27-4-2/h5-6,11,13-14H,3-4,7-10,12H2,1-2H3/t14-/m1/s1. The van der Waals surface area contributed by atoms with E-state index in [-0.39, 0.29) is 23.9 Å². The number of esters is 1. The topological polar surface area (TPSA) is 60.8 Å². The smallest absolute Gasteiger partial charge is 0.309 e. The second-order valence-electron chi connectivity index (χ2n) is 7.41. The molecule has 1 aromatic carbocycles. The summed E-state index contributed by atoms with van der Waals surface area (Å²) in [6.45, 7) is 6.02. The number of halogens is 1. The monoisotopic (exact) mass is 404 g/mol. The number of ether oxygens (including phenoxy) is 2. The fourth-order valence-corrected chi connectivity index (χ4v) is 4.36. The summed E-state index contributed by atoms with van der Waals surface area (Å²) < 4.78 is 13.2. The first kappa shape index (κ1) is 19.1. The Kier molecular flexibility index (Phi) is 5.23. The molecule has 1 aromatic heterocycles. The number of hydrogen-bond acceptors (Lipinski definition) is 4. The molecule has 0 bridgehead atoms. The van der Waals surface area contributed by atoms with Crippen LogP contribution < -0.4 is 4.74 Å². The lowest BCUT2D eigenvalue weighted by molar-refractivity contribution is -0.149. The molecule has 2 aromatic rings. The van der Waals surface area contributed by atoms with Crippen molar-refractivity contribution < 1.29 is 19.1 Å². The van der Waals surface area contributed by atoms with Crippen molar-refractivity contribution in [3.63, 3.8) is 0 Å². The maximum Gasteiger partial charge on any atom is 0.309 e. The fraction of sp³-hybridized carbons (Fsp3) is 0.524. The molecule has 6 nitrogen and oxygen atoms in total. The lowest BCUT2D eigenvalue weighted by Crippen LogP contribution is -2.41. The summed E-state index contributed by atoms with van der Waals surface area (Å²) in [6.07, 6.45) is 2.17. The number of carbonyl (C=O) groups excluding carboxylic acids is 2. The Morgan fingerprint density at radius 3 is 2.68 bits per heavy atom. The second kappa shape index (κ2) is 7.66. The summed E-state index contributed by atoms with van der Waals surface area (Å²) in [4.78, 5) is 27.1. The molecule has 0 radical (unpaired) electrons. The molecular weight excluding hydrogens is 380 g/mol. The van der Waals surface area contributed by atoms with Gasteiger partial charge in [-0.3, -0.25) is 9.59 Å². The van der Waals surface area contributed by atoms with E-state index in [1.165, 1.54) is 0 Å². The zero-order valence-corrected chi connectivity index (χ0v) is 17.0. The third kappa shape index (κ3) is 3.24. The molecular formula is C21H25ClN2O4. The molecule has 7 heteroatoms. The maximum atomic E-state index is 13.3. The van der Waals surface area contributed by atoms with Crippen molar-refractivity contribution in [1.29, 1.82) is 0 Å². The van der Waals surface area contributed by atoms with E-state index in [1.54, 1.807) is 0 Å². The van der Waals surface area contributed by atoms with Gasteiger partial charge in [-0.25, -0.2) is 0 Å². The molecule has 4 rings (SSSR count). The minimum Gasteiger partial charge on any atom is -0.486 e. The van der Waals surface area contributed by atoms with Crippen molar-refractivity contribution in [2.75, 3.05) is 19.7 Å². The summed E-state index contributed by atoms with van der Waals surface area (Å²) in [7, 11) is 0. The molecule has 0 N–H and O–H groups in total. The second-order valence-corrected chi connectivity index (χ2v) is 7.82. The number of benzene rings is 1. The van der Waals surface area contributed by atoms with Crippen LogP contribution in [0.2, 0.25) is 5.02 Å². The van der Waals surface area contributed by atoms with Gasteiger partial charge in [-0.1, -0.05) is 18.5 Å². The largest absolute Gasteiger partial charge is 0.486 e. The summed E-state index contributed by atoms with van der Waals surface area (Å²) in [6, 6.07) is 5.57. The Morgan fingerprint density at radius 2 is 2.00 bits per heavy atom. The number of likely N-dealkylation sites (tertiary alicyclic amines) is 1. The molecule has 0 spiro atoms. The van der Waals surface area contributed by atoms with E-state index in [9.17, 15) is 9.59 Å². The summed E-state index contributed by atoms with van der Waals surface area (Å²) >= 11 is 6.39. The van der Waals surface area contributed by atoms with E-state index in [0.29, 0.717) is 49.8 Å². The average Bonchev–Trinajstić information content (AvgIpc) is 3.11. The highest BCUT2D eigenvalue weighted by molar-refractivity contribution is 6.36. The molecule has 0 saturated carbocycles. The van der Waals surface area contributed by atoms with Crippen molar-refractivity contribution >= 4 is 34.4 Å². The highest BCUT2D eigenvalue weighted by Gasteiger charge is 2.32. The third-order valence-electron chi connectivity index (χ3n) is 5.73. The van der Waals surface area contributed by atoms with Gasteiger partial charge in [0.1, 0.15) is 17.5 Å². The summed E-state index contributed by atoms with van der Waals surface area (Å²) in [5.41, 5.74) is 1.53. The first-order valence-electron chi connectivity index (χ1n) is 9.97. The predicted octanol–water partition coefficient (Wildman–Crippen LogP) is 3.88. The van der Waals surface area contributed by atoms with Gasteiger partial charge in [-0.05, 0) is 44.4 Å². The van der Waals surface area contributed by atoms with E-state index in [0.717, 1.165) is 23.1 Å². The van der Waals surface area contributed by atoms with Crippen LogP contribution in [0.15, 0.2) is 18.2 Å². The van der Waals surface area contributed by atoms with Crippen LogP contribution in [0.1, 0.15) is 43.6 Å². The van der Waals surface area contributed by atoms with Crippen molar-refractivity contribution in [1.82, 2.24) is 9.47 Å². The van der Waals surface area contributed by atoms with E-state index < -0.39 is 0 Å². The average molecular weight is 405 g/mol. The SMILES string of the molecule is CCOC(=O)C1CCN(C(=O)c2cc3c(Cl)ccc4c3n2C[C@@H](CC)O4)CC1. The van der Waals surface area contributed by atoms with Crippen LogP contribution in [0.3, 0.4) is 0 Å². The predicted molar refractivity (Wildman–Crippen MR) is 107 cm³/mol. The van der Waals surface area contributed by atoms with Gasteiger partial charge in [0.2, 0.25) is 0 Å². The van der Waals surface area contributed by atoms with Gasteiger partial charge in [-0.15, -0.1) is 0 Å². The fourth-order valence-electron chi connectivity index (χ4n) is 4.15. The molecule has 2 aliphatic rings. The molecule has 2 aliphatic heterocycles. The Labute approximate surface area is 169 Å². The first-order chi connectivity index (χ1) is 13.5. The Balaban J connectivity index is 1.60. The Hall–Kier alpha value is -2.21. The molecule has 1 atom stereocenters. The molecule has 28 heavy (non-hydrogen) atoms. The van der Waals surface area contributed by atoms with Crippen molar-refractivity contribution in [2.24, 2.45) is 5.92 Å². The lowest BCUT2D eigenvalue weighted by atomic mass is 9.97. The van der Waals surface area contributed by atoms with Crippen LogP contribution in [0.4, 0.5) is 0 Å². The van der Waals surface area contributed by atoms with Crippen molar-refractivity contribution in [2.45, 2.75) is 45.8 Å². The molecule has 0 unspecified atom stereocenters. The van der Waals surface area contributed by atoms with Crippen LogP contribution in [0.25, 0.3) is 10.9 Å². The van der Waals surface area contributed by atoms with Gasteiger partial charge in [-0.2, -0.15) is 0 Å². The number of rotatable bonds is 4. The molecule has 0 aliphatic carbocycles. The van der Waals surface area contributed by atoms with Gasteiger partial charge < -0.3 is 18.9 Å². The first-order valence-corrected chi connectivity index (χ1v) is 10.4. The molecule has 3 heterocycles. The van der Waals surface area contributed by atoms with E-state index in [4.69, 9.17) is 21.1 Å². The normalized spacial score (nSPS) is 19.5. The van der Waals surface area contributed by atoms with Gasteiger partial charge >= 0.3 is 5.97 Å². The van der Waals surface area contributed by atoms with Crippen molar-refractivity contribution in [3.05, 3.63) is 28.9 Å². The Morgan fingerprint density at radius 1 is 1.25 bits per heavy atom. The molecule has 1 fully saturated rings. The molecule has 1 saturated heterocycles. The van der Waals surface area contributed by atoms with Crippen LogP contribution in [0.5, 0.6) is 5.75 Å². The summed E-state index contributed by atoms with van der Waals surface area (Å²) in [5, 5.41) is 1.46. The van der Waals surface area contributed by atoms with E-state index in [2.05, 4.69) is 6.92 Å². The van der Waals surface area contributed by atoms with Crippen LogP contribution in [-0.4, -0.2) is 47.1 Å². The Bertz CT molecular complexity index is 915. The van der Waals surface area contributed by atoms with Crippen LogP contribution in [-0.2, 0) is 16.1 Å². The van der Waals surface area contributed by atoms with Crippen molar-refractivity contribution in [3.8, 4) is 5.75 Å². The molecule has 1 amide bonds. The number of amides is 1. The minimum atomic E-state index is -0.155. The molecule has 150 valence electrons. The zero-order chi connectivity index (χ0) is 19.8. The van der Waals surface area contributed by atoms with Gasteiger partial charge in [0.25, 0.3) is 5.91 Å². The number of nitrogens with zero attached hydrogens (tertiary/aromatic N) is 2. The number of carbonyl (C=O) groups is 2. The van der Waals surface area contributed by atoms with E-state index in [1.807, 2.05) is 34.6 Å². The van der Waals surface area contributed by atoms with E-state index >= 15 is 0 Å². The maximum absolute atomic E-state index is 13.3.